The van der Waals surface area contributed by atoms with Gasteiger partial charge in [0, 0.05) is 5.56 Å². The number of Topliss-reactive ketones (excluding diaryl/α,β-unsaturated/α-hetero) is 1. The minimum atomic E-state index is -1.06. The number of nitrogens with two attached hydrogens (primary N) is 1. The van der Waals surface area contributed by atoms with Gasteiger partial charge in [0.25, 0.3) is 0 Å². The van der Waals surface area contributed by atoms with Crippen LogP contribution in [0, 0.1) is 0 Å². The van der Waals surface area contributed by atoms with Gasteiger partial charge in [0.2, 0.25) is 0 Å². The third-order valence-electron chi connectivity index (χ3n) is 2.32. The van der Waals surface area contributed by atoms with Gasteiger partial charge in [0.1, 0.15) is 12.3 Å². The molecule has 0 aromatic heterocycles. The monoisotopic (exact) mass is 235 g/mol. The lowest BCUT2D eigenvalue weighted by Crippen LogP contribution is -2.32. The van der Waals surface area contributed by atoms with E-state index < -0.39 is 12.0 Å². The third kappa shape index (κ3) is 3.81. The highest BCUT2D eigenvalue weighted by Gasteiger charge is 2.12. The number of carbonyl (C=O) groups excluding carboxylic acids is 2. The van der Waals surface area contributed by atoms with Gasteiger partial charge < -0.3 is 15.6 Å². The quantitative estimate of drug-likeness (QED) is 0.423. The Hall–Kier alpha value is -2.01. The maximum Gasteiger partial charge on any atom is 0.320 e. The average Bonchev–Trinajstić information content (AvgIpc) is 2.30. The van der Waals surface area contributed by atoms with Crippen LogP contribution in [-0.4, -0.2) is 29.2 Å². The molecule has 0 fully saturated rings. The molecule has 0 aliphatic carbocycles. The number of aliphatic carboxylic acids is 1. The van der Waals surface area contributed by atoms with Crippen LogP contribution >= 0.6 is 0 Å². The van der Waals surface area contributed by atoms with Crippen LogP contribution in [0.1, 0.15) is 22.3 Å². The number of rotatable bonds is 6. The predicted octanol–water partition coefficient (Wildman–Crippen LogP) is 0.413. The lowest BCUT2D eigenvalue weighted by Gasteiger charge is -2.06. The predicted molar refractivity (Wildman–Crippen MR) is 60.8 cm³/mol. The molecule has 0 bridgehead atoms. The number of carboxylic acid groups (broad SMARTS) is 1. The molecule has 0 aliphatic heterocycles. The fraction of sp³-hybridized carbons (Fsp3) is 0.250. The van der Waals surface area contributed by atoms with Crippen molar-refractivity contribution in [2.24, 2.45) is 5.73 Å². The molecule has 0 aliphatic rings. The van der Waals surface area contributed by atoms with E-state index in [1.54, 1.807) is 24.3 Å². The second-order valence-electron chi connectivity index (χ2n) is 3.64. The Morgan fingerprint density at radius 3 is 2.35 bits per heavy atom. The van der Waals surface area contributed by atoms with E-state index in [1.165, 1.54) is 0 Å². The first-order chi connectivity index (χ1) is 8.04. The molecule has 1 unspecified atom stereocenters. The van der Waals surface area contributed by atoms with Crippen molar-refractivity contribution >= 4 is 18.0 Å². The van der Waals surface area contributed by atoms with Crippen LogP contribution in [0.3, 0.4) is 0 Å². The first-order valence-corrected chi connectivity index (χ1v) is 5.08. The smallest absolute Gasteiger partial charge is 0.320 e. The fourth-order valence-electron chi connectivity index (χ4n) is 1.36. The number of hydrogen-bond acceptors (Lipinski definition) is 4. The lowest BCUT2D eigenvalue weighted by atomic mass is 10.0. The molecule has 90 valence electrons. The summed E-state index contributed by atoms with van der Waals surface area (Å²) in [4.78, 5) is 32.1. The Balaban J connectivity index is 2.71. The van der Waals surface area contributed by atoms with E-state index in [2.05, 4.69) is 0 Å². The summed E-state index contributed by atoms with van der Waals surface area (Å²) >= 11 is 0. The van der Waals surface area contributed by atoms with Crippen LogP contribution in [0.15, 0.2) is 24.3 Å². The van der Waals surface area contributed by atoms with Crippen LogP contribution in [-0.2, 0) is 16.0 Å². The van der Waals surface area contributed by atoms with Gasteiger partial charge in [-0.15, -0.1) is 0 Å². The average molecular weight is 235 g/mol. The van der Waals surface area contributed by atoms with Gasteiger partial charge in [0.15, 0.2) is 5.78 Å². The summed E-state index contributed by atoms with van der Waals surface area (Å²) in [6.45, 7) is 0. The number of benzene rings is 1. The highest BCUT2D eigenvalue weighted by atomic mass is 16.4. The van der Waals surface area contributed by atoms with Gasteiger partial charge in [-0.05, 0) is 12.0 Å². The fourth-order valence-corrected chi connectivity index (χ4v) is 1.36. The van der Waals surface area contributed by atoms with Crippen molar-refractivity contribution in [1.29, 1.82) is 0 Å². The Bertz CT molecular complexity index is 425. The molecule has 1 rings (SSSR count). The van der Waals surface area contributed by atoms with Crippen molar-refractivity contribution in [3.63, 3.8) is 0 Å². The zero-order valence-electron chi connectivity index (χ0n) is 9.13. The van der Waals surface area contributed by atoms with E-state index >= 15 is 0 Å². The van der Waals surface area contributed by atoms with Gasteiger partial charge in [-0.1, -0.05) is 24.3 Å². The van der Waals surface area contributed by atoms with Crippen molar-refractivity contribution in [1.82, 2.24) is 0 Å². The Labute approximate surface area is 98.2 Å². The summed E-state index contributed by atoms with van der Waals surface area (Å²) in [6, 6.07) is 5.46. The Morgan fingerprint density at radius 1 is 1.29 bits per heavy atom. The Kier molecular flexibility index (Phi) is 4.54. The lowest BCUT2D eigenvalue weighted by molar-refractivity contribution is -0.138. The normalized spacial score (nSPS) is 11.8. The third-order valence-corrected chi connectivity index (χ3v) is 2.32. The van der Waals surface area contributed by atoms with E-state index in [-0.39, 0.29) is 18.6 Å². The van der Waals surface area contributed by atoms with Crippen molar-refractivity contribution in [2.45, 2.75) is 18.9 Å². The molecule has 1 aromatic rings. The summed E-state index contributed by atoms with van der Waals surface area (Å²) in [5, 5.41) is 8.64. The molecule has 0 saturated carbocycles. The zero-order valence-corrected chi connectivity index (χ0v) is 9.13. The highest BCUT2D eigenvalue weighted by molar-refractivity contribution is 6.02. The van der Waals surface area contributed by atoms with E-state index in [4.69, 9.17) is 10.8 Å². The maximum atomic E-state index is 11.3. The van der Waals surface area contributed by atoms with Gasteiger partial charge in [-0.25, -0.2) is 0 Å². The van der Waals surface area contributed by atoms with Crippen LogP contribution in [0.2, 0.25) is 0 Å². The summed E-state index contributed by atoms with van der Waals surface area (Å²) < 4.78 is 0. The molecule has 0 spiro atoms. The van der Waals surface area contributed by atoms with E-state index in [0.29, 0.717) is 11.8 Å². The molecule has 5 heteroatoms. The molecular formula is C12H13NO4. The topological polar surface area (TPSA) is 97.5 Å². The molecule has 0 amide bonds. The minimum Gasteiger partial charge on any atom is -0.480 e. The molecule has 17 heavy (non-hydrogen) atoms. The number of carboxylic acids is 1. The molecule has 1 atom stereocenters. The van der Waals surface area contributed by atoms with E-state index in [0.717, 1.165) is 5.56 Å². The van der Waals surface area contributed by atoms with E-state index in [1.807, 2.05) is 0 Å². The summed E-state index contributed by atoms with van der Waals surface area (Å²) in [7, 11) is 0. The molecule has 5 nitrogen and oxygen atoms in total. The minimum absolute atomic E-state index is 0.145. The molecule has 3 N–H and O–H groups in total. The highest BCUT2D eigenvalue weighted by Crippen LogP contribution is 2.08. The van der Waals surface area contributed by atoms with Crippen molar-refractivity contribution in [3.05, 3.63) is 35.4 Å². The zero-order chi connectivity index (χ0) is 12.8. The van der Waals surface area contributed by atoms with Gasteiger partial charge in [-0.3, -0.25) is 9.59 Å². The first-order valence-electron chi connectivity index (χ1n) is 5.08. The summed E-state index contributed by atoms with van der Waals surface area (Å²) in [6.07, 6.45) is 0.613. The summed E-state index contributed by atoms with van der Waals surface area (Å²) in [5.74, 6) is -1.32. The SMILES string of the molecule is NC(Cc1ccc(C(=O)CC=O)cc1)C(=O)O. The first kappa shape index (κ1) is 13.1. The molecular weight excluding hydrogens is 222 g/mol. The molecule has 1 aromatic carbocycles. The second-order valence-corrected chi connectivity index (χ2v) is 3.64. The standard InChI is InChI=1S/C12H13NO4/c13-10(12(16)17)7-8-1-3-9(4-2-8)11(15)5-6-14/h1-4,6,10H,5,7,13H2,(H,16,17). The van der Waals surface area contributed by atoms with Crippen LogP contribution in [0.4, 0.5) is 0 Å². The Morgan fingerprint density at radius 2 is 1.88 bits per heavy atom. The van der Waals surface area contributed by atoms with Crippen molar-refractivity contribution < 1.29 is 19.5 Å². The van der Waals surface area contributed by atoms with Crippen molar-refractivity contribution in [3.8, 4) is 0 Å². The molecule has 0 heterocycles. The largest absolute Gasteiger partial charge is 0.480 e. The van der Waals surface area contributed by atoms with E-state index in [9.17, 15) is 14.4 Å². The molecule has 0 radical (unpaired) electrons. The number of hydrogen-bond donors (Lipinski definition) is 2. The van der Waals surface area contributed by atoms with Crippen LogP contribution in [0.25, 0.3) is 0 Å². The van der Waals surface area contributed by atoms with Crippen LogP contribution < -0.4 is 5.73 Å². The van der Waals surface area contributed by atoms with Gasteiger partial charge in [-0.2, -0.15) is 0 Å². The van der Waals surface area contributed by atoms with Gasteiger partial charge >= 0.3 is 5.97 Å². The summed E-state index contributed by atoms with van der Waals surface area (Å²) in [5.41, 5.74) is 6.55. The number of aldehydes is 1. The van der Waals surface area contributed by atoms with Crippen LogP contribution in [0.5, 0.6) is 0 Å². The molecule has 0 saturated heterocycles. The van der Waals surface area contributed by atoms with Gasteiger partial charge in [0.05, 0.1) is 6.42 Å². The number of ketones is 1. The number of carbonyl (C=O) groups is 3. The maximum absolute atomic E-state index is 11.3. The van der Waals surface area contributed by atoms with Crippen molar-refractivity contribution in [2.75, 3.05) is 0 Å². The second kappa shape index (κ2) is 5.91.